The van der Waals surface area contributed by atoms with Crippen LogP contribution in [0.1, 0.15) is 12.5 Å². The maximum Gasteiger partial charge on any atom is 0.384 e. The molecule has 0 saturated carbocycles. The first-order valence-electron chi connectivity index (χ1n) is 4.33. The van der Waals surface area contributed by atoms with E-state index >= 15 is 0 Å². The summed E-state index contributed by atoms with van der Waals surface area (Å²) in [6, 6.07) is 1.55. The zero-order chi connectivity index (χ0) is 11.3. The number of rotatable bonds is 1. The summed E-state index contributed by atoms with van der Waals surface area (Å²) in [6.07, 6.45) is 1.44. The summed E-state index contributed by atoms with van der Waals surface area (Å²) in [5, 5.41) is 0. The van der Waals surface area contributed by atoms with Crippen LogP contribution in [-0.4, -0.2) is 17.6 Å². The first-order valence-corrected chi connectivity index (χ1v) is 4.33. The number of pyridine rings is 1. The molecule has 15 heavy (non-hydrogen) atoms. The van der Waals surface area contributed by atoms with Crippen molar-refractivity contribution < 1.29 is 9.53 Å². The lowest BCUT2D eigenvalue weighted by molar-refractivity contribution is -0.136. The summed E-state index contributed by atoms with van der Waals surface area (Å²) in [4.78, 5) is 14.7. The summed E-state index contributed by atoms with van der Waals surface area (Å²) in [7, 11) is 0. The van der Waals surface area contributed by atoms with Gasteiger partial charge in [0.1, 0.15) is 5.82 Å². The summed E-state index contributed by atoms with van der Waals surface area (Å²) in [5.74, 6) is 4.54. The van der Waals surface area contributed by atoms with E-state index in [0.717, 1.165) is 0 Å². The molecule has 5 nitrogen and oxygen atoms in total. The largest absolute Gasteiger partial charge is 0.456 e. The van der Waals surface area contributed by atoms with Gasteiger partial charge in [0.25, 0.3) is 0 Å². The lowest BCUT2D eigenvalue weighted by Gasteiger charge is -1.97. The SMILES string of the molecule is CCOC(=O)C#Cc1cnc(N)c(N)c1. The number of carbonyl (C=O) groups excluding carboxylic acids is 1. The number of nitrogens with two attached hydrogens (primary N) is 2. The number of hydrogen-bond donors (Lipinski definition) is 2. The smallest absolute Gasteiger partial charge is 0.384 e. The van der Waals surface area contributed by atoms with Gasteiger partial charge in [-0.25, -0.2) is 9.78 Å². The topological polar surface area (TPSA) is 91.2 Å². The molecule has 0 fully saturated rings. The second-order valence-electron chi connectivity index (χ2n) is 2.67. The third kappa shape index (κ3) is 3.19. The molecule has 0 saturated heterocycles. The van der Waals surface area contributed by atoms with Gasteiger partial charge in [-0.3, -0.25) is 0 Å². The van der Waals surface area contributed by atoms with Crippen LogP contribution < -0.4 is 11.5 Å². The quantitative estimate of drug-likeness (QED) is 0.503. The van der Waals surface area contributed by atoms with Gasteiger partial charge in [-0.1, -0.05) is 5.92 Å². The maximum absolute atomic E-state index is 10.9. The monoisotopic (exact) mass is 205 g/mol. The average molecular weight is 205 g/mol. The lowest BCUT2D eigenvalue weighted by atomic mass is 10.2. The highest BCUT2D eigenvalue weighted by Crippen LogP contribution is 2.11. The molecule has 0 aliphatic heterocycles. The molecule has 78 valence electrons. The Bertz CT molecular complexity index is 432. The second kappa shape index (κ2) is 4.86. The maximum atomic E-state index is 10.9. The van der Waals surface area contributed by atoms with Crippen LogP contribution in [-0.2, 0) is 9.53 Å². The Balaban J connectivity index is 2.80. The molecule has 1 aromatic rings. The van der Waals surface area contributed by atoms with E-state index in [1.165, 1.54) is 6.20 Å². The van der Waals surface area contributed by atoms with Gasteiger partial charge < -0.3 is 16.2 Å². The van der Waals surface area contributed by atoms with Crippen LogP contribution in [0.3, 0.4) is 0 Å². The predicted molar refractivity (Wildman–Crippen MR) is 56.6 cm³/mol. The van der Waals surface area contributed by atoms with Gasteiger partial charge in [-0.2, -0.15) is 0 Å². The van der Waals surface area contributed by atoms with Gasteiger partial charge in [-0.05, 0) is 13.0 Å². The second-order valence-corrected chi connectivity index (χ2v) is 2.67. The Hall–Kier alpha value is -2.22. The number of nitrogen functional groups attached to an aromatic ring is 2. The molecule has 1 heterocycles. The molecule has 0 aliphatic rings. The van der Waals surface area contributed by atoms with E-state index in [9.17, 15) is 4.79 Å². The minimum atomic E-state index is -0.576. The van der Waals surface area contributed by atoms with E-state index in [4.69, 9.17) is 11.5 Å². The minimum absolute atomic E-state index is 0.247. The number of carbonyl (C=O) groups is 1. The van der Waals surface area contributed by atoms with Gasteiger partial charge in [0.2, 0.25) is 0 Å². The van der Waals surface area contributed by atoms with Crippen molar-refractivity contribution in [1.29, 1.82) is 0 Å². The predicted octanol–water partition coefficient (Wildman–Crippen LogP) is 0.161. The fourth-order valence-electron chi connectivity index (χ4n) is 0.851. The van der Waals surface area contributed by atoms with E-state index < -0.39 is 5.97 Å². The molecule has 5 heteroatoms. The fourth-order valence-corrected chi connectivity index (χ4v) is 0.851. The molecular weight excluding hydrogens is 194 g/mol. The summed E-state index contributed by atoms with van der Waals surface area (Å²) in [6.45, 7) is 2.01. The molecular formula is C10H11N3O2. The van der Waals surface area contributed by atoms with Gasteiger partial charge in [0.15, 0.2) is 0 Å². The third-order valence-corrected chi connectivity index (χ3v) is 1.53. The highest BCUT2D eigenvalue weighted by molar-refractivity contribution is 5.89. The van der Waals surface area contributed by atoms with Gasteiger partial charge in [0.05, 0.1) is 12.3 Å². The Labute approximate surface area is 87.4 Å². The number of ether oxygens (including phenoxy) is 1. The standard InChI is InChI=1S/C10H11N3O2/c1-2-15-9(14)4-3-7-5-8(11)10(12)13-6-7/h5-6H,2,11H2,1H3,(H2,12,13). The Kier molecular flexibility index (Phi) is 3.52. The average Bonchev–Trinajstić information content (AvgIpc) is 2.20. The number of anilines is 2. The summed E-state index contributed by atoms with van der Waals surface area (Å²) >= 11 is 0. The molecule has 1 aromatic heterocycles. The third-order valence-electron chi connectivity index (χ3n) is 1.53. The van der Waals surface area contributed by atoms with Crippen molar-refractivity contribution in [1.82, 2.24) is 4.98 Å². The van der Waals surface area contributed by atoms with Crippen molar-refractivity contribution in [2.75, 3.05) is 18.1 Å². The van der Waals surface area contributed by atoms with Crippen LogP contribution in [0.4, 0.5) is 11.5 Å². The molecule has 0 spiro atoms. The molecule has 0 atom stereocenters. The van der Waals surface area contributed by atoms with Crippen LogP contribution in [0.25, 0.3) is 0 Å². The van der Waals surface area contributed by atoms with E-state index in [1.54, 1.807) is 13.0 Å². The zero-order valence-electron chi connectivity index (χ0n) is 8.28. The van der Waals surface area contributed by atoms with E-state index in [1.807, 2.05) is 0 Å². The lowest BCUT2D eigenvalue weighted by Crippen LogP contribution is -2.00. The minimum Gasteiger partial charge on any atom is -0.456 e. The van der Waals surface area contributed by atoms with E-state index in [-0.39, 0.29) is 5.82 Å². The highest BCUT2D eigenvalue weighted by Gasteiger charge is 1.97. The van der Waals surface area contributed by atoms with Crippen LogP contribution >= 0.6 is 0 Å². The molecule has 0 aromatic carbocycles. The summed E-state index contributed by atoms with van der Waals surface area (Å²) < 4.78 is 4.63. The van der Waals surface area contributed by atoms with E-state index in [2.05, 4.69) is 21.6 Å². The first-order chi connectivity index (χ1) is 7.13. The number of aromatic nitrogens is 1. The molecule has 0 aliphatic carbocycles. The molecule has 4 N–H and O–H groups in total. The Morgan fingerprint density at radius 3 is 2.93 bits per heavy atom. The van der Waals surface area contributed by atoms with Crippen molar-refractivity contribution in [3.8, 4) is 11.8 Å². The van der Waals surface area contributed by atoms with Crippen molar-refractivity contribution in [2.45, 2.75) is 6.92 Å². The van der Waals surface area contributed by atoms with Crippen molar-refractivity contribution in [3.05, 3.63) is 17.8 Å². The van der Waals surface area contributed by atoms with E-state index in [0.29, 0.717) is 17.9 Å². The van der Waals surface area contributed by atoms with Gasteiger partial charge in [-0.15, -0.1) is 0 Å². The zero-order valence-corrected chi connectivity index (χ0v) is 8.28. The van der Waals surface area contributed by atoms with Crippen molar-refractivity contribution in [2.24, 2.45) is 0 Å². The first kappa shape index (κ1) is 10.9. The number of nitrogens with zero attached hydrogens (tertiary/aromatic N) is 1. The van der Waals surface area contributed by atoms with Crippen LogP contribution in [0, 0.1) is 11.8 Å². The van der Waals surface area contributed by atoms with Crippen LogP contribution in [0.15, 0.2) is 12.3 Å². The number of esters is 1. The van der Waals surface area contributed by atoms with Crippen molar-refractivity contribution in [3.63, 3.8) is 0 Å². The molecule has 1 rings (SSSR count). The van der Waals surface area contributed by atoms with Gasteiger partial charge in [0, 0.05) is 17.7 Å². The summed E-state index contributed by atoms with van der Waals surface area (Å²) in [5.41, 5.74) is 11.8. The molecule has 0 bridgehead atoms. The molecule has 0 unspecified atom stereocenters. The van der Waals surface area contributed by atoms with Crippen molar-refractivity contribution >= 4 is 17.5 Å². The molecule has 0 amide bonds. The van der Waals surface area contributed by atoms with Gasteiger partial charge >= 0.3 is 5.97 Å². The van der Waals surface area contributed by atoms with Crippen LogP contribution in [0.2, 0.25) is 0 Å². The fraction of sp³-hybridized carbons (Fsp3) is 0.200. The van der Waals surface area contributed by atoms with Crippen LogP contribution in [0.5, 0.6) is 0 Å². The Morgan fingerprint density at radius 2 is 2.33 bits per heavy atom. The highest BCUT2D eigenvalue weighted by atomic mass is 16.5. The normalized spacial score (nSPS) is 8.87. The Morgan fingerprint density at radius 1 is 1.60 bits per heavy atom. The number of hydrogen-bond acceptors (Lipinski definition) is 5. The molecule has 0 radical (unpaired) electrons.